The van der Waals surface area contributed by atoms with Crippen LogP contribution in [0.15, 0.2) is 205 Å². The molecule has 0 saturated heterocycles. The van der Waals surface area contributed by atoms with Crippen molar-refractivity contribution >= 4 is 11.4 Å². The van der Waals surface area contributed by atoms with Crippen molar-refractivity contribution in [1.29, 1.82) is 0 Å². The first-order valence-electron chi connectivity index (χ1n) is 17.6. The van der Waals surface area contributed by atoms with Gasteiger partial charge in [0.1, 0.15) is 5.71 Å². The molecular formula is C50H34N2. The molecular weight excluding hydrogens is 629 g/mol. The normalized spacial score (nSPS) is 12.7. The van der Waals surface area contributed by atoms with E-state index in [1.54, 1.807) is 0 Å². The van der Waals surface area contributed by atoms with Gasteiger partial charge in [-0.25, -0.2) is 0 Å². The number of hydrogen-bond donors (Lipinski definition) is 1. The third-order valence-electron chi connectivity index (χ3n) is 10.1. The van der Waals surface area contributed by atoms with Gasteiger partial charge in [-0.15, -0.1) is 0 Å². The molecule has 1 aliphatic carbocycles. The molecule has 0 radical (unpaired) electrons. The minimum Gasteiger partial charge on any atom is -0.277 e. The molecule has 52 heavy (non-hydrogen) atoms. The fraction of sp³-hybridized carbons (Fsp3) is 0.0200. The quantitative estimate of drug-likeness (QED) is 0.127. The summed E-state index contributed by atoms with van der Waals surface area (Å²) in [6.07, 6.45) is 0. The van der Waals surface area contributed by atoms with Crippen molar-refractivity contribution in [3.8, 4) is 33.4 Å². The molecule has 1 aliphatic rings. The molecule has 0 fully saturated rings. The highest BCUT2D eigenvalue weighted by atomic mass is 15.3. The number of fused-ring (bicyclic) bond motifs is 3. The zero-order valence-electron chi connectivity index (χ0n) is 28.5. The van der Waals surface area contributed by atoms with Gasteiger partial charge in [-0.1, -0.05) is 188 Å². The van der Waals surface area contributed by atoms with Gasteiger partial charge in [0.05, 0.1) is 16.7 Å². The Hall–Kier alpha value is -6.95. The van der Waals surface area contributed by atoms with Gasteiger partial charge in [0.2, 0.25) is 0 Å². The lowest BCUT2D eigenvalue weighted by atomic mass is 9.67. The average Bonchev–Trinajstić information content (AvgIpc) is 3.52. The molecule has 0 aliphatic heterocycles. The number of hydrazone groups is 1. The fourth-order valence-corrected chi connectivity index (χ4v) is 7.78. The smallest absolute Gasteiger partial charge is 0.106 e. The maximum absolute atomic E-state index is 5.21. The van der Waals surface area contributed by atoms with Crippen LogP contribution in [0, 0.1) is 12.1 Å². The summed E-state index contributed by atoms with van der Waals surface area (Å²) in [4.78, 5) is 0. The molecule has 9 rings (SSSR count). The third kappa shape index (κ3) is 5.37. The van der Waals surface area contributed by atoms with E-state index in [-0.39, 0.29) is 0 Å². The maximum Gasteiger partial charge on any atom is 0.106 e. The number of anilines is 1. The van der Waals surface area contributed by atoms with Crippen LogP contribution in [0.1, 0.15) is 33.4 Å². The molecule has 0 saturated carbocycles. The van der Waals surface area contributed by atoms with Crippen molar-refractivity contribution in [2.45, 2.75) is 5.41 Å². The van der Waals surface area contributed by atoms with Gasteiger partial charge in [-0.05, 0) is 74.3 Å². The van der Waals surface area contributed by atoms with Gasteiger partial charge in [-0.3, -0.25) is 5.43 Å². The average molecular weight is 663 g/mol. The monoisotopic (exact) mass is 662 g/mol. The van der Waals surface area contributed by atoms with E-state index in [0.717, 1.165) is 39.2 Å². The highest BCUT2D eigenvalue weighted by Crippen LogP contribution is 2.57. The topological polar surface area (TPSA) is 24.4 Å². The van der Waals surface area contributed by atoms with E-state index in [0.29, 0.717) is 0 Å². The lowest BCUT2D eigenvalue weighted by Gasteiger charge is -2.34. The summed E-state index contributed by atoms with van der Waals surface area (Å²) in [5.74, 6) is 0. The summed E-state index contributed by atoms with van der Waals surface area (Å²) in [6, 6.07) is 77.3. The van der Waals surface area contributed by atoms with Gasteiger partial charge in [0.15, 0.2) is 0 Å². The lowest BCUT2D eigenvalue weighted by Crippen LogP contribution is -2.28. The molecule has 2 nitrogen and oxygen atoms in total. The van der Waals surface area contributed by atoms with E-state index >= 15 is 0 Å². The Kier molecular flexibility index (Phi) is 8.00. The number of rotatable bonds is 8. The van der Waals surface area contributed by atoms with Gasteiger partial charge in [-0.2, -0.15) is 5.10 Å². The zero-order chi connectivity index (χ0) is 34.7. The Morgan fingerprint density at radius 1 is 0.462 bits per heavy atom. The summed E-state index contributed by atoms with van der Waals surface area (Å²) in [7, 11) is 0. The number of nitrogens with one attached hydrogen (secondary N) is 1. The Balaban J connectivity index is 1.26. The second-order valence-electron chi connectivity index (χ2n) is 13.1. The van der Waals surface area contributed by atoms with Crippen LogP contribution >= 0.6 is 0 Å². The molecule has 0 bridgehead atoms. The molecule has 8 aromatic rings. The summed E-state index contributed by atoms with van der Waals surface area (Å²) in [5.41, 5.74) is 18.6. The predicted molar refractivity (Wildman–Crippen MR) is 214 cm³/mol. The molecule has 2 heteroatoms. The molecule has 0 heterocycles. The first-order valence-corrected chi connectivity index (χ1v) is 17.6. The first kappa shape index (κ1) is 31.1. The standard InChI is InChI=1S/C50H34N2/c1-6-18-36(19-7-1)37-30-32-40(33-31-37)49(39-22-10-3-11-23-39)52-51-48-35-47-45(34-44(48)38-20-8-2-9-21-38)43-28-16-17-29-46(43)50(47,41-24-12-4-13-25-41)42-26-14-5-15-27-42/h1-10,12-22,24-35,51H/b52-49+. The highest BCUT2D eigenvalue weighted by Gasteiger charge is 2.46. The summed E-state index contributed by atoms with van der Waals surface area (Å²) in [5, 5.41) is 5.21. The van der Waals surface area contributed by atoms with Crippen LogP contribution in [0.25, 0.3) is 33.4 Å². The van der Waals surface area contributed by atoms with Crippen molar-refractivity contribution < 1.29 is 0 Å². The Morgan fingerprint density at radius 3 is 1.67 bits per heavy atom. The molecule has 0 aromatic heterocycles. The van der Waals surface area contributed by atoms with Crippen LogP contribution in [0.4, 0.5) is 5.69 Å². The van der Waals surface area contributed by atoms with E-state index in [9.17, 15) is 0 Å². The van der Waals surface area contributed by atoms with E-state index in [1.807, 2.05) is 24.3 Å². The molecule has 0 atom stereocenters. The Bertz CT molecular complexity index is 2450. The molecule has 0 unspecified atom stereocenters. The summed E-state index contributed by atoms with van der Waals surface area (Å²) < 4.78 is 0. The fourth-order valence-electron chi connectivity index (χ4n) is 7.78. The molecule has 0 spiro atoms. The van der Waals surface area contributed by atoms with Gasteiger partial charge in [0, 0.05) is 11.1 Å². The van der Waals surface area contributed by atoms with Crippen molar-refractivity contribution in [3.63, 3.8) is 0 Å². The largest absolute Gasteiger partial charge is 0.277 e. The van der Waals surface area contributed by atoms with Crippen molar-refractivity contribution in [3.05, 3.63) is 246 Å². The zero-order valence-corrected chi connectivity index (χ0v) is 28.5. The van der Waals surface area contributed by atoms with Gasteiger partial charge in [0.25, 0.3) is 0 Å². The molecule has 0 amide bonds. The minimum absolute atomic E-state index is 0.526. The van der Waals surface area contributed by atoms with Crippen molar-refractivity contribution in [1.82, 2.24) is 0 Å². The van der Waals surface area contributed by atoms with E-state index in [1.165, 1.54) is 38.9 Å². The van der Waals surface area contributed by atoms with E-state index in [2.05, 4.69) is 193 Å². The van der Waals surface area contributed by atoms with E-state index in [4.69, 9.17) is 5.10 Å². The second-order valence-corrected chi connectivity index (χ2v) is 13.1. The molecule has 1 N–H and O–H groups in total. The highest BCUT2D eigenvalue weighted by molar-refractivity contribution is 6.13. The van der Waals surface area contributed by atoms with Crippen LogP contribution in [0.2, 0.25) is 0 Å². The number of nitrogens with zero attached hydrogens (tertiary/aromatic N) is 1. The SMILES string of the molecule is c1cccc(/C(=N\Nc2cc3c(cc2-c2ccccc2)-c2ccccc2C3(c2ccccc2)c2ccccc2)c2ccc(-c3ccccc3)cc2)c#1. The van der Waals surface area contributed by atoms with Crippen molar-refractivity contribution in [2.24, 2.45) is 5.10 Å². The van der Waals surface area contributed by atoms with Crippen LogP contribution in [-0.2, 0) is 5.41 Å². The van der Waals surface area contributed by atoms with Gasteiger partial charge < -0.3 is 0 Å². The maximum atomic E-state index is 5.21. The van der Waals surface area contributed by atoms with Gasteiger partial charge >= 0.3 is 0 Å². The Morgan fingerprint density at radius 2 is 1.04 bits per heavy atom. The van der Waals surface area contributed by atoms with Crippen LogP contribution in [0.3, 0.4) is 0 Å². The Labute approximate surface area is 305 Å². The summed E-state index contributed by atoms with van der Waals surface area (Å²) >= 11 is 0. The third-order valence-corrected chi connectivity index (χ3v) is 10.1. The second kappa shape index (κ2) is 13.4. The first-order chi connectivity index (χ1) is 25.8. The number of hydrogen-bond acceptors (Lipinski definition) is 2. The van der Waals surface area contributed by atoms with Crippen LogP contribution in [-0.4, -0.2) is 5.71 Å². The number of benzene rings is 7. The molecule has 244 valence electrons. The van der Waals surface area contributed by atoms with Crippen LogP contribution in [0.5, 0.6) is 0 Å². The van der Waals surface area contributed by atoms with Crippen molar-refractivity contribution in [2.75, 3.05) is 5.43 Å². The molecule has 8 aromatic carbocycles. The minimum atomic E-state index is -0.526. The van der Waals surface area contributed by atoms with E-state index < -0.39 is 5.41 Å². The van der Waals surface area contributed by atoms with Crippen LogP contribution < -0.4 is 5.43 Å². The predicted octanol–water partition coefficient (Wildman–Crippen LogP) is 11.8. The lowest BCUT2D eigenvalue weighted by molar-refractivity contribution is 0.768. The summed E-state index contributed by atoms with van der Waals surface area (Å²) in [6.45, 7) is 0.